The first-order valence-corrected chi connectivity index (χ1v) is 11.8. The lowest BCUT2D eigenvalue weighted by Gasteiger charge is -2.11. The molecule has 9 nitrogen and oxygen atoms in total. The van der Waals surface area contributed by atoms with Crippen LogP contribution in [0.25, 0.3) is 16.7 Å². The van der Waals surface area contributed by atoms with Crippen molar-refractivity contribution in [3.8, 4) is 0 Å². The van der Waals surface area contributed by atoms with Crippen molar-refractivity contribution in [2.24, 2.45) is 0 Å². The maximum Gasteiger partial charge on any atom is 0.262 e. The molecule has 34 heavy (non-hydrogen) atoms. The van der Waals surface area contributed by atoms with E-state index < -0.39 is 11.7 Å². The fraction of sp³-hybridized carbons (Fsp3) is 0.261. The standard InChI is InChI=1S/C23H23FN6O3S/c1-2-3-12-29-21(33)17-6-4-5-7-18(17)30-22(29)27-28-23(30)34-14-20(32)25-13-19(31)26-16-10-8-15(24)9-11-16/h4-11H,2-3,12-14H2,1H3,(H,25,32)(H,26,31). The van der Waals surface area contributed by atoms with Crippen molar-refractivity contribution in [3.63, 3.8) is 0 Å². The Balaban J connectivity index is 1.45. The van der Waals surface area contributed by atoms with E-state index in [2.05, 4.69) is 20.8 Å². The number of benzene rings is 2. The highest BCUT2D eigenvalue weighted by Crippen LogP contribution is 2.21. The van der Waals surface area contributed by atoms with Gasteiger partial charge in [-0.1, -0.05) is 37.2 Å². The van der Waals surface area contributed by atoms with E-state index in [1.165, 1.54) is 24.3 Å². The molecule has 2 N–H and O–H groups in total. The van der Waals surface area contributed by atoms with Crippen molar-refractivity contribution in [1.29, 1.82) is 0 Å². The highest BCUT2D eigenvalue weighted by Gasteiger charge is 2.17. The van der Waals surface area contributed by atoms with Crippen molar-refractivity contribution in [2.75, 3.05) is 17.6 Å². The number of carbonyl (C=O) groups is 2. The Kier molecular flexibility index (Phi) is 7.21. The van der Waals surface area contributed by atoms with Gasteiger partial charge in [-0.25, -0.2) is 4.39 Å². The molecule has 0 radical (unpaired) electrons. The van der Waals surface area contributed by atoms with Gasteiger partial charge in [0.25, 0.3) is 5.56 Å². The molecule has 0 aliphatic heterocycles. The molecule has 2 amide bonds. The minimum absolute atomic E-state index is 0.00698. The summed E-state index contributed by atoms with van der Waals surface area (Å²) in [5.74, 6) is -0.755. The average molecular weight is 483 g/mol. The van der Waals surface area contributed by atoms with Crippen LogP contribution in [0.3, 0.4) is 0 Å². The summed E-state index contributed by atoms with van der Waals surface area (Å²) in [6.45, 7) is 2.35. The molecule has 2 aromatic carbocycles. The SMILES string of the molecule is CCCCn1c(=O)c2ccccc2n2c(SCC(=O)NCC(=O)Nc3ccc(F)cc3)nnc12. The minimum Gasteiger partial charge on any atom is -0.346 e. The first-order chi connectivity index (χ1) is 16.5. The summed E-state index contributed by atoms with van der Waals surface area (Å²) in [4.78, 5) is 37.3. The molecule has 4 rings (SSSR count). The van der Waals surface area contributed by atoms with Crippen molar-refractivity contribution in [2.45, 2.75) is 31.5 Å². The zero-order valence-corrected chi connectivity index (χ0v) is 19.3. The quantitative estimate of drug-likeness (QED) is 0.355. The Morgan fingerprint density at radius 3 is 2.59 bits per heavy atom. The Hall–Kier alpha value is -3.73. The zero-order chi connectivity index (χ0) is 24.1. The van der Waals surface area contributed by atoms with Gasteiger partial charge in [-0.3, -0.25) is 23.4 Å². The maximum absolute atomic E-state index is 13.0. The van der Waals surface area contributed by atoms with E-state index >= 15 is 0 Å². The Bertz CT molecular complexity index is 1400. The lowest BCUT2D eigenvalue weighted by atomic mass is 10.2. The number of nitrogens with one attached hydrogen (secondary N) is 2. The number of anilines is 1. The summed E-state index contributed by atoms with van der Waals surface area (Å²) in [7, 11) is 0. The second-order valence-corrected chi connectivity index (χ2v) is 8.51. The summed E-state index contributed by atoms with van der Waals surface area (Å²) in [6, 6.07) is 12.6. The second-order valence-electron chi connectivity index (χ2n) is 7.57. The third kappa shape index (κ3) is 5.09. The van der Waals surface area contributed by atoms with Gasteiger partial charge >= 0.3 is 0 Å². The molecule has 0 bridgehead atoms. The summed E-state index contributed by atoms with van der Waals surface area (Å²) >= 11 is 1.16. The third-order valence-electron chi connectivity index (χ3n) is 5.12. The molecule has 0 aliphatic rings. The molecule has 0 unspecified atom stereocenters. The number of fused-ring (bicyclic) bond motifs is 3. The summed E-state index contributed by atoms with van der Waals surface area (Å²) in [5.41, 5.74) is 0.984. The van der Waals surface area contributed by atoms with Crippen LogP contribution in [0.4, 0.5) is 10.1 Å². The molecule has 0 fully saturated rings. The highest BCUT2D eigenvalue weighted by molar-refractivity contribution is 7.99. The molecule has 0 atom stereocenters. The Morgan fingerprint density at radius 1 is 1.06 bits per heavy atom. The normalized spacial score (nSPS) is 11.1. The molecule has 2 heterocycles. The van der Waals surface area contributed by atoms with Gasteiger partial charge in [0, 0.05) is 12.2 Å². The van der Waals surface area contributed by atoms with Gasteiger partial charge in [0.05, 0.1) is 23.2 Å². The molecule has 11 heteroatoms. The monoisotopic (exact) mass is 482 g/mol. The number of para-hydroxylation sites is 1. The first kappa shape index (κ1) is 23.4. The van der Waals surface area contributed by atoms with Gasteiger partial charge in [0.2, 0.25) is 17.6 Å². The number of hydrogen-bond acceptors (Lipinski definition) is 6. The topological polar surface area (TPSA) is 110 Å². The van der Waals surface area contributed by atoms with Crippen LogP contribution < -0.4 is 16.2 Å². The lowest BCUT2D eigenvalue weighted by Crippen LogP contribution is -2.33. The van der Waals surface area contributed by atoms with Gasteiger partial charge in [-0.15, -0.1) is 10.2 Å². The molecule has 0 spiro atoms. The van der Waals surface area contributed by atoms with Gasteiger partial charge in [0.15, 0.2) is 5.16 Å². The molecule has 0 saturated carbocycles. The van der Waals surface area contributed by atoms with Crippen molar-refractivity contribution in [1.82, 2.24) is 24.5 Å². The third-order valence-corrected chi connectivity index (χ3v) is 6.05. The van der Waals surface area contributed by atoms with E-state index in [0.717, 1.165) is 24.6 Å². The van der Waals surface area contributed by atoms with Crippen LogP contribution >= 0.6 is 11.8 Å². The van der Waals surface area contributed by atoms with E-state index in [1.54, 1.807) is 21.1 Å². The van der Waals surface area contributed by atoms with Crippen LogP contribution in [0.15, 0.2) is 58.5 Å². The number of aromatic nitrogens is 4. The number of aryl methyl sites for hydroxylation is 1. The van der Waals surface area contributed by atoms with Crippen molar-refractivity contribution >= 4 is 45.9 Å². The summed E-state index contributed by atoms with van der Waals surface area (Å²) < 4.78 is 16.4. The van der Waals surface area contributed by atoms with E-state index in [1.807, 2.05) is 19.1 Å². The highest BCUT2D eigenvalue weighted by atomic mass is 32.2. The van der Waals surface area contributed by atoms with Crippen LogP contribution in [-0.2, 0) is 16.1 Å². The smallest absolute Gasteiger partial charge is 0.262 e. The molecule has 4 aromatic rings. The van der Waals surface area contributed by atoms with Crippen molar-refractivity contribution < 1.29 is 14.0 Å². The Labute approximate surface area is 198 Å². The number of halogens is 1. The largest absolute Gasteiger partial charge is 0.346 e. The van der Waals surface area contributed by atoms with E-state index in [-0.39, 0.29) is 23.8 Å². The van der Waals surface area contributed by atoms with Crippen LogP contribution in [0.1, 0.15) is 19.8 Å². The average Bonchev–Trinajstić information content (AvgIpc) is 3.27. The number of thioether (sulfide) groups is 1. The predicted molar refractivity (Wildman–Crippen MR) is 128 cm³/mol. The molecule has 0 aliphatic carbocycles. The molecule has 0 saturated heterocycles. The van der Waals surface area contributed by atoms with Gasteiger partial charge in [-0.2, -0.15) is 0 Å². The van der Waals surface area contributed by atoms with E-state index in [4.69, 9.17) is 0 Å². The lowest BCUT2D eigenvalue weighted by molar-refractivity contribution is -0.122. The number of amides is 2. The first-order valence-electron chi connectivity index (χ1n) is 10.8. The molecule has 2 aromatic heterocycles. The number of rotatable bonds is 9. The van der Waals surface area contributed by atoms with E-state index in [9.17, 15) is 18.8 Å². The van der Waals surface area contributed by atoms with Crippen LogP contribution in [0.5, 0.6) is 0 Å². The Morgan fingerprint density at radius 2 is 1.82 bits per heavy atom. The molecule has 176 valence electrons. The van der Waals surface area contributed by atoms with Gasteiger partial charge < -0.3 is 10.6 Å². The van der Waals surface area contributed by atoms with Crippen molar-refractivity contribution in [3.05, 3.63) is 64.7 Å². The second kappa shape index (κ2) is 10.5. The van der Waals surface area contributed by atoms with Crippen LogP contribution in [-0.4, -0.2) is 43.3 Å². The van der Waals surface area contributed by atoms with E-state index in [0.29, 0.717) is 34.1 Å². The zero-order valence-electron chi connectivity index (χ0n) is 18.5. The summed E-state index contributed by atoms with van der Waals surface area (Å²) in [5, 5.41) is 14.6. The number of nitrogens with zero attached hydrogens (tertiary/aromatic N) is 4. The molecular weight excluding hydrogens is 459 g/mol. The molecular formula is C23H23FN6O3S. The maximum atomic E-state index is 13.0. The fourth-order valence-electron chi connectivity index (χ4n) is 3.44. The predicted octanol–water partition coefficient (Wildman–Crippen LogP) is 2.83. The number of unbranched alkanes of at least 4 members (excludes halogenated alkanes) is 1. The van der Waals surface area contributed by atoms with Gasteiger partial charge in [0.1, 0.15) is 5.82 Å². The number of carbonyl (C=O) groups excluding carboxylic acids is 2. The minimum atomic E-state index is -0.427. The van der Waals surface area contributed by atoms with Gasteiger partial charge in [-0.05, 0) is 42.8 Å². The fourth-order valence-corrected chi connectivity index (χ4v) is 4.21. The number of hydrogen-bond donors (Lipinski definition) is 2. The summed E-state index contributed by atoms with van der Waals surface area (Å²) in [6.07, 6.45) is 1.75. The van der Waals surface area contributed by atoms with Crippen LogP contribution in [0.2, 0.25) is 0 Å². The van der Waals surface area contributed by atoms with Crippen LogP contribution in [0, 0.1) is 5.82 Å².